The molecule has 0 fully saturated rings. The third-order valence-corrected chi connectivity index (χ3v) is 5.81. The van der Waals surface area contributed by atoms with E-state index < -0.39 is 10.0 Å². The quantitative estimate of drug-likeness (QED) is 0.891. The van der Waals surface area contributed by atoms with E-state index in [1.165, 1.54) is 0 Å². The predicted octanol–water partition coefficient (Wildman–Crippen LogP) is 3.12. The minimum atomic E-state index is -3.77. The lowest BCUT2D eigenvalue weighted by molar-refractivity contribution is 0.580. The molecule has 0 saturated heterocycles. The second-order valence-electron chi connectivity index (χ2n) is 4.79. The third-order valence-electron chi connectivity index (χ3n) is 3.24. The predicted molar refractivity (Wildman–Crippen MR) is 83.3 cm³/mol. The standard InChI is InChI=1S/C13H15Cl2N3O2S/c1-7-4-11(14)8(2)13(12(7)15)21(19,20)17-6-10-5-16-18-9(10)3/h4-5,17H,6H2,1-3H3,(H,16,18). The number of nitrogens with zero attached hydrogens (tertiary/aromatic N) is 1. The summed E-state index contributed by atoms with van der Waals surface area (Å²) < 4.78 is 27.5. The molecule has 1 aromatic heterocycles. The molecule has 1 aromatic carbocycles. The number of hydrogen-bond acceptors (Lipinski definition) is 3. The zero-order chi connectivity index (χ0) is 15.8. The van der Waals surface area contributed by atoms with E-state index in [4.69, 9.17) is 23.2 Å². The Morgan fingerprint density at radius 2 is 1.95 bits per heavy atom. The SMILES string of the molecule is Cc1cc(Cl)c(C)c(S(=O)(=O)NCc2cn[nH]c2C)c1Cl. The fourth-order valence-corrected chi connectivity index (χ4v) is 4.15. The minimum Gasteiger partial charge on any atom is -0.283 e. The number of H-pyrrole nitrogens is 1. The lowest BCUT2D eigenvalue weighted by Crippen LogP contribution is -2.24. The molecule has 0 bridgehead atoms. The maximum Gasteiger partial charge on any atom is 0.242 e. The van der Waals surface area contributed by atoms with Gasteiger partial charge in [-0.1, -0.05) is 23.2 Å². The molecule has 0 spiro atoms. The van der Waals surface area contributed by atoms with Crippen LogP contribution in [0.3, 0.4) is 0 Å². The molecule has 0 aliphatic rings. The molecular weight excluding hydrogens is 333 g/mol. The molecule has 8 heteroatoms. The van der Waals surface area contributed by atoms with Crippen LogP contribution in [0, 0.1) is 20.8 Å². The van der Waals surface area contributed by atoms with Gasteiger partial charge in [0.2, 0.25) is 10.0 Å². The van der Waals surface area contributed by atoms with Crippen LogP contribution in [0.25, 0.3) is 0 Å². The van der Waals surface area contributed by atoms with Crippen molar-refractivity contribution in [2.24, 2.45) is 0 Å². The van der Waals surface area contributed by atoms with Crippen molar-refractivity contribution in [3.63, 3.8) is 0 Å². The maximum absolute atomic E-state index is 12.5. The van der Waals surface area contributed by atoms with Crippen molar-refractivity contribution >= 4 is 33.2 Å². The van der Waals surface area contributed by atoms with Gasteiger partial charge in [-0.15, -0.1) is 0 Å². The number of aromatic amines is 1. The number of hydrogen-bond donors (Lipinski definition) is 2. The Morgan fingerprint density at radius 3 is 2.52 bits per heavy atom. The van der Waals surface area contributed by atoms with Crippen molar-refractivity contribution in [1.29, 1.82) is 0 Å². The lowest BCUT2D eigenvalue weighted by Gasteiger charge is -2.14. The van der Waals surface area contributed by atoms with Crippen LogP contribution in [0.1, 0.15) is 22.4 Å². The van der Waals surface area contributed by atoms with Crippen molar-refractivity contribution in [3.8, 4) is 0 Å². The van der Waals surface area contributed by atoms with Crippen molar-refractivity contribution in [3.05, 3.63) is 44.7 Å². The van der Waals surface area contributed by atoms with Crippen molar-refractivity contribution in [2.45, 2.75) is 32.2 Å². The van der Waals surface area contributed by atoms with Crippen LogP contribution in [-0.4, -0.2) is 18.6 Å². The zero-order valence-electron chi connectivity index (χ0n) is 11.8. The second-order valence-corrected chi connectivity index (χ2v) is 7.28. The highest BCUT2D eigenvalue weighted by Gasteiger charge is 2.23. The Bertz CT molecular complexity index is 759. The largest absolute Gasteiger partial charge is 0.283 e. The molecule has 1 heterocycles. The molecule has 2 aromatic rings. The lowest BCUT2D eigenvalue weighted by atomic mass is 10.2. The fraction of sp³-hybridized carbons (Fsp3) is 0.308. The number of rotatable bonds is 4. The first-order valence-corrected chi connectivity index (χ1v) is 8.41. The summed E-state index contributed by atoms with van der Waals surface area (Å²) in [4.78, 5) is 0.0234. The summed E-state index contributed by atoms with van der Waals surface area (Å²) in [6, 6.07) is 1.65. The fourth-order valence-electron chi connectivity index (χ4n) is 1.93. The first-order chi connectivity index (χ1) is 9.74. The highest BCUT2D eigenvalue weighted by atomic mass is 35.5. The average Bonchev–Trinajstić information content (AvgIpc) is 2.80. The molecule has 5 nitrogen and oxygen atoms in total. The first-order valence-electron chi connectivity index (χ1n) is 6.17. The summed E-state index contributed by atoms with van der Waals surface area (Å²) >= 11 is 12.2. The minimum absolute atomic E-state index is 0.0234. The smallest absolute Gasteiger partial charge is 0.242 e. The van der Waals surface area contributed by atoms with Crippen molar-refractivity contribution < 1.29 is 8.42 Å². The van der Waals surface area contributed by atoms with Crippen LogP contribution in [0.5, 0.6) is 0 Å². The van der Waals surface area contributed by atoms with E-state index in [-0.39, 0.29) is 16.5 Å². The number of benzene rings is 1. The summed E-state index contributed by atoms with van der Waals surface area (Å²) in [6.45, 7) is 5.29. The van der Waals surface area contributed by atoms with Gasteiger partial charge in [-0.25, -0.2) is 13.1 Å². The van der Waals surface area contributed by atoms with Gasteiger partial charge in [0.15, 0.2) is 0 Å². The Balaban J connectivity index is 2.39. The molecule has 0 radical (unpaired) electrons. The van der Waals surface area contributed by atoms with Crippen molar-refractivity contribution in [2.75, 3.05) is 0 Å². The van der Waals surface area contributed by atoms with Crippen LogP contribution < -0.4 is 4.72 Å². The van der Waals surface area contributed by atoms with E-state index in [1.807, 2.05) is 6.92 Å². The number of sulfonamides is 1. The van der Waals surface area contributed by atoms with Gasteiger partial charge in [0, 0.05) is 22.8 Å². The molecule has 0 unspecified atom stereocenters. The molecule has 0 atom stereocenters. The van der Waals surface area contributed by atoms with Crippen molar-refractivity contribution in [1.82, 2.24) is 14.9 Å². The van der Waals surface area contributed by atoms with Gasteiger partial charge in [0.25, 0.3) is 0 Å². The van der Waals surface area contributed by atoms with E-state index in [1.54, 1.807) is 26.1 Å². The molecule has 114 valence electrons. The summed E-state index contributed by atoms with van der Waals surface area (Å²) in [7, 11) is -3.77. The molecular formula is C13H15Cl2N3O2S. The van der Waals surface area contributed by atoms with Crippen LogP contribution in [0.4, 0.5) is 0 Å². The second kappa shape index (κ2) is 5.96. The zero-order valence-corrected chi connectivity index (χ0v) is 14.1. The van der Waals surface area contributed by atoms with E-state index in [2.05, 4.69) is 14.9 Å². The number of aryl methyl sites for hydroxylation is 2. The summed E-state index contributed by atoms with van der Waals surface area (Å²) in [5.74, 6) is 0. The van der Waals surface area contributed by atoms with Crippen LogP contribution in [-0.2, 0) is 16.6 Å². The number of aromatic nitrogens is 2. The Kier molecular flexibility index (Phi) is 4.63. The van der Waals surface area contributed by atoms with Gasteiger partial charge in [0.05, 0.1) is 11.2 Å². The Hall–Kier alpha value is -1.08. The van der Waals surface area contributed by atoms with E-state index in [0.717, 1.165) is 11.3 Å². The monoisotopic (exact) mass is 347 g/mol. The van der Waals surface area contributed by atoms with Crippen LogP contribution >= 0.6 is 23.2 Å². The Morgan fingerprint density at radius 1 is 1.29 bits per heavy atom. The molecule has 21 heavy (non-hydrogen) atoms. The normalized spacial score (nSPS) is 11.9. The molecule has 0 saturated carbocycles. The average molecular weight is 348 g/mol. The molecule has 0 amide bonds. The van der Waals surface area contributed by atoms with E-state index in [9.17, 15) is 8.42 Å². The third kappa shape index (κ3) is 3.23. The van der Waals surface area contributed by atoms with Gasteiger partial charge < -0.3 is 0 Å². The van der Waals surface area contributed by atoms with Crippen LogP contribution in [0.15, 0.2) is 17.2 Å². The molecule has 2 rings (SSSR count). The van der Waals surface area contributed by atoms with Gasteiger partial charge in [-0.3, -0.25) is 5.10 Å². The topological polar surface area (TPSA) is 74.8 Å². The molecule has 0 aliphatic carbocycles. The Labute approximate surface area is 133 Å². The molecule has 2 N–H and O–H groups in total. The van der Waals surface area contributed by atoms with Gasteiger partial charge in [0.1, 0.15) is 4.90 Å². The summed E-state index contributed by atoms with van der Waals surface area (Å²) in [6.07, 6.45) is 1.58. The van der Waals surface area contributed by atoms with E-state index >= 15 is 0 Å². The number of nitrogens with one attached hydrogen (secondary N) is 2. The van der Waals surface area contributed by atoms with Gasteiger partial charge >= 0.3 is 0 Å². The van der Waals surface area contributed by atoms with Gasteiger partial charge in [-0.2, -0.15) is 5.10 Å². The van der Waals surface area contributed by atoms with Crippen LogP contribution in [0.2, 0.25) is 10.0 Å². The summed E-state index contributed by atoms with van der Waals surface area (Å²) in [5.41, 5.74) is 2.63. The highest BCUT2D eigenvalue weighted by Crippen LogP contribution is 2.33. The summed E-state index contributed by atoms with van der Waals surface area (Å²) in [5, 5.41) is 7.17. The first kappa shape index (κ1) is 16.3. The number of halogens is 2. The van der Waals surface area contributed by atoms with Gasteiger partial charge in [-0.05, 0) is 38.0 Å². The molecule has 0 aliphatic heterocycles. The van der Waals surface area contributed by atoms with E-state index in [0.29, 0.717) is 16.1 Å². The highest BCUT2D eigenvalue weighted by molar-refractivity contribution is 7.89. The maximum atomic E-state index is 12.5.